The molecule has 112 valence electrons. The number of benzene rings is 2. The Morgan fingerprint density at radius 2 is 1.90 bits per heavy atom. The van der Waals surface area contributed by atoms with Crippen LogP contribution in [0, 0.1) is 5.92 Å². The molecule has 2 nitrogen and oxygen atoms in total. The van der Waals surface area contributed by atoms with Gasteiger partial charge in [-0.3, -0.25) is 0 Å². The maximum Gasteiger partial charge on any atom is 0.119 e. The SMILES string of the molecule is CC(C)CCOc1cccc(CNc2ccccc2Cl)c1. The minimum Gasteiger partial charge on any atom is -0.494 e. The lowest BCUT2D eigenvalue weighted by Crippen LogP contribution is -2.03. The molecule has 0 saturated heterocycles. The van der Waals surface area contributed by atoms with Crippen molar-refractivity contribution in [3.8, 4) is 5.75 Å². The van der Waals surface area contributed by atoms with E-state index in [-0.39, 0.29) is 0 Å². The molecule has 0 radical (unpaired) electrons. The standard InChI is InChI=1S/C18H22ClNO/c1-14(2)10-11-21-16-7-5-6-15(12-16)13-20-18-9-4-3-8-17(18)19/h3-9,12,14,20H,10-11,13H2,1-2H3. The van der Waals surface area contributed by atoms with Gasteiger partial charge in [0.2, 0.25) is 0 Å². The Kier molecular flexibility index (Phi) is 5.94. The van der Waals surface area contributed by atoms with Gasteiger partial charge in [-0.25, -0.2) is 0 Å². The number of halogens is 1. The van der Waals surface area contributed by atoms with Gasteiger partial charge < -0.3 is 10.1 Å². The maximum absolute atomic E-state index is 6.13. The van der Waals surface area contributed by atoms with Gasteiger partial charge in [-0.15, -0.1) is 0 Å². The van der Waals surface area contributed by atoms with E-state index in [0.29, 0.717) is 5.92 Å². The van der Waals surface area contributed by atoms with E-state index in [1.807, 2.05) is 36.4 Å². The first kappa shape index (κ1) is 15.7. The predicted octanol–water partition coefficient (Wildman–Crippen LogP) is 5.38. The normalized spacial score (nSPS) is 10.7. The molecule has 21 heavy (non-hydrogen) atoms. The second kappa shape index (κ2) is 7.94. The first-order valence-electron chi connectivity index (χ1n) is 7.35. The van der Waals surface area contributed by atoms with Crippen molar-refractivity contribution >= 4 is 17.3 Å². The van der Waals surface area contributed by atoms with Gasteiger partial charge in [-0.05, 0) is 42.2 Å². The molecule has 1 N–H and O–H groups in total. The smallest absolute Gasteiger partial charge is 0.119 e. The quantitative estimate of drug-likeness (QED) is 0.741. The van der Waals surface area contributed by atoms with Gasteiger partial charge in [0.25, 0.3) is 0 Å². The number of hydrogen-bond acceptors (Lipinski definition) is 2. The molecular weight excluding hydrogens is 282 g/mol. The van der Waals surface area contributed by atoms with Gasteiger partial charge in [0, 0.05) is 6.54 Å². The van der Waals surface area contributed by atoms with Crippen LogP contribution in [-0.2, 0) is 6.54 Å². The molecule has 0 aliphatic heterocycles. The number of ether oxygens (including phenoxy) is 1. The zero-order valence-corrected chi connectivity index (χ0v) is 13.4. The molecule has 2 aromatic carbocycles. The Hall–Kier alpha value is -1.67. The van der Waals surface area contributed by atoms with E-state index in [2.05, 4.69) is 31.3 Å². The summed E-state index contributed by atoms with van der Waals surface area (Å²) in [6.45, 7) is 5.89. The van der Waals surface area contributed by atoms with Crippen LogP contribution in [0.5, 0.6) is 5.75 Å². The van der Waals surface area contributed by atoms with Crippen LogP contribution in [0.15, 0.2) is 48.5 Å². The molecule has 0 aromatic heterocycles. The van der Waals surface area contributed by atoms with Crippen molar-refractivity contribution in [1.82, 2.24) is 0 Å². The van der Waals surface area contributed by atoms with Crippen molar-refractivity contribution in [2.75, 3.05) is 11.9 Å². The lowest BCUT2D eigenvalue weighted by atomic mass is 10.1. The molecule has 0 unspecified atom stereocenters. The Morgan fingerprint density at radius 1 is 1.10 bits per heavy atom. The molecule has 0 bridgehead atoms. The number of nitrogens with one attached hydrogen (secondary N) is 1. The molecule has 0 amide bonds. The lowest BCUT2D eigenvalue weighted by Gasteiger charge is -2.11. The topological polar surface area (TPSA) is 21.3 Å². The van der Waals surface area contributed by atoms with Crippen LogP contribution in [0.4, 0.5) is 5.69 Å². The highest BCUT2D eigenvalue weighted by Crippen LogP contribution is 2.22. The monoisotopic (exact) mass is 303 g/mol. The van der Waals surface area contributed by atoms with E-state index >= 15 is 0 Å². The van der Waals surface area contributed by atoms with E-state index in [4.69, 9.17) is 16.3 Å². The lowest BCUT2D eigenvalue weighted by molar-refractivity contribution is 0.289. The Morgan fingerprint density at radius 3 is 2.67 bits per heavy atom. The molecule has 3 heteroatoms. The van der Waals surface area contributed by atoms with E-state index in [1.165, 1.54) is 5.56 Å². The van der Waals surface area contributed by atoms with E-state index in [0.717, 1.165) is 36.0 Å². The van der Waals surface area contributed by atoms with Crippen molar-refractivity contribution in [3.05, 3.63) is 59.1 Å². The molecular formula is C18H22ClNO. The van der Waals surface area contributed by atoms with Gasteiger partial charge in [-0.2, -0.15) is 0 Å². The largest absolute Gasteiger partial charge is 0.494 e. The third-order valence-corrected chi connectivity index (χ3v) is 3.55. The second-order valence-corrected chi connectivity index (χ2v) is 5.92. The fourth-order valence-electron chi connectivity index (χ4n) is 1.96. The third-order valence-electron chi connectivity index (χ3n) is 3.22. The van der Waals surface area contributed by atoms with E-state index in [1.54, 1.807) is 0 Å². The summed E-state index contributed by atoms with van der Waals surface area (Å²) in [5, 5.41) is 4.08. The summed E-state index contributed by atoms with van der Waals surface area (Å²) >= 11 is 6.13. The van der Waals surface area contributed by atoms with Crippen molar-refractivity contribution in [2.24, 2.45) is 5.92 Å². The summed E-state index contributed by atoms with van der Waals surface area (Å²) in [4.78, 5) is 0. The highest BCUT2D eigenvalue weighted by molar-refractivity contribution is 6.33. The molecule has 0 heterocycles. The molecule has 2 rings (SSSR count). The molecule has 0 aliphatic rings. The summed E-state index contributed by atoms with van der Waals surface area (Å²) in [6, 6.07) is 15.9. The number of rotatable bonds is 7. The van der Waals surface area contributed by atoms with Gasteiger partial charge in [0.1, 0.15) is 5.75 Å². The van der Waals surface area contributed by atoms with Gasteiger partial charge in [0.05, 0.1) is 17.3 Å². The van der Waals surface area contributed by atoms with Crippen LogP contribution >= 0.6 is 11.6 Å². The summed E-state index contributed by atoms with van der Waals surface area (Å²) < 4.78 is 5.78. The zero-order valence-electron chi connectivity index (χ0n) is 12.6. The number of para-hydroxylation sites is 1. The van der Waals surface area contributed by atoms with Crippen LogP contribution < -0.4 is 10.1 Å². The van der Waals surface area contributed by atoms with E-state index < -0.39 is 0 Å². The Labute approximate surface area is 132 Å². The number of hydrogen-bond donors (Lipinski definition) is 1. The molecule has 0 atom stereocenters. The fraction of sp³-hybridized carbons (Fsp3) is 0.333. The minimum atomic E-state index is 0.662. The molecule has 0 aliphatic carbocycles. The summed E-state index contributed by atoms with van der Waals surface area (Å²) in [7, 11) is 0. The highest BCUT2D eigenvalue weighted by atomic mass is 35.5. The Bertz CT molecular complexity index is 569. The third kappa shape index (κ3) is 5.31. The van der Waals surface area contributed by atoms with Crippen molar-refractivity contribution < 1.29 is 4.74 Å². The first-order valence-corrected chi connectivity index (χ1v) is 7.73. The summed E-state index contributed by atoms with van der Waals surface area (Å²) in [5.74, 6) is 1.59. The minimum absolute atomic E-state index is 0.662. The van der Waals surface area contributed by atoms with Gasteiger partial charge in [0.15, 0.2) is 0 Å². The average molecular weight is 304 g/mol. The average Bonchev–Trinajstić information content (AvgIpc) is 2.46. The molecule has 2 aromatic rings. The van der Waals surface area contributed by atoms with Crippen molar-refractivity contribution in [1.29, 1.82) is 0 Å². The van der Waals surface area contributed by atoms with Crippen LogP contribution in [0.25, 0.3) is 0 Å². The second-order valence-electron chi connectivity index (χ2n) is 5.51. The van der Waals surface area contributed by atoms with Crippen LogP contribution in [0.2, 0.25) is 5.02 Å². The van der Waals surface area contributed by atoms with Crippen molar-refractivity contribution in [3.63, 3.8) is 0 Å². The highest BCUT2D eigenvalue weighted by Gasteiger charge is 2.01. The fourth-order valence-corrected chi connectivity index (χ4v) is 2.16. The van der Waals surface area contributed by atoms with Crippen LogP contribution in [0.1, 0.15) is 25.8 Å². The van der Waals surface area contributed by atoms with Crippen LogP contribution in [0.3, 0.4) is 0 Å². The van der Waals surface area contributed by atoms with E-state index in [9.17, 15) is 0 Å². The van der Waals surface area contributed by atoms with Crippen molar-refractivity contribution in [2.45, 2.75) is 26.8 Å². The summed E-state index contributed by atoms with van der Waals surface area (Å²) in [5.41, 5.74) is 2.13. The molecule has 0 fully saturated rings. The molecule has 0 saturated carbocycles. The first-order chi connectivity index (χ1) is 10.1. The van der Waals surface area contributed by atoms with Gasteiger partial charge in [-0.1, -0.05) is 49.7 Å². The number of anilines is 1. The summed E-state index contributed by atoms with van der Waals surface area (Å²) in [6.07, 6.45) is 1.07. The van der Waals surface area contributed by atoms with Crippen LogP contribution in [-0.4, -0.2) is 6.61 Å². The predicted molar refractivity (Wildman–Crippen MR) is 90.2 cm³/mol. The zero-order chi connectivity index (χ0) is 15.1. The van der Waals surface area contributed by atoms with Gasteiger partial charge >= 0.3 is 0 Å². The maximum atomic E-state index is 6.13. The Balaban J connectivity index is 1.90. The molecule has 0 spiro atoms.